The fourth-order valence-electron chi connectivity index (χ4n) is 8.94. The molecule has 1 N–H and O–H groups in total. The zero-order valence-corrected chi connectivity index (χ0v) is 30.3. The van der Waals surface area contributed by atoms with Crippen molar-refractivity contribution in [1.82, 2.24) is 0 Å². The number of unbranched alkanes of at least 4 members (excludes halogenated alkanes) is 5. The van der Waals surface area contributed by atoms with Crippen LogP contribution in [0.3, 0.4) is 0 Å². The molecule has 6 heteroatoms. The standard InChI is InChI=1S/C35H62BrO3PSi/c1-38-41(2,3)28-18-7-5-4-6-17-27-39-34-26-25-30(37)29-35(34)40(36,31-19-11-8-12-20-31,32-21-13-9-14-22-32)33-23-15-10-16-24-33/h25-26,29,31-33,37H,4-24,27-28H2,1-3H3. The first-order valence-electron chi connectivity index (χ1n) is 17.5. The molecule has 0 aromatic heterocycles. The Morgan fingerprint density at radius 2 is 1.20 bits per heavy atom. The number of hydrogen-bond acceptors (Lipinski definition) is 3. The van der Waals surface area contributed by atoms with Crippen molar-refractivity contribution in [2.75, 3.05) is 13.7 Å². The minimum atomic E-state index is -2.66. The number of phenolic OH excluding ortho intramolecular Hbond substituents is 1. The molecule has 4 rings (SSSR count). The monoisotopic (exact) mass is 668 g/mol. The van der Waals surface area contributed by atoms with E-state index >= 15 is 0 Å². The van der Waals surface area contributed by atoms with Crippen molar-refractivity contribution in [2.24, 2.45) is 0 Å². The third-order valence-corrected chi connectivity index (χ3v) is 27.8. The van der Waals surface area contributed by atoms with E-state index in [-0.39, 0.29) is 0 Å². The van der Waals surface area contributed by atoms with Crippen LogP contribution in [0.2, 0.25) is 19.1 Å². The Kier molecular flexibility index (Phi) is 13.0. The first-order valence-corrected chi connectivity index (χ1v) is 25.1. The van der Waals surface area contributed by atoms with Gasteiger partial charge in [-0.3, -0.25) is 0 Å². The molecule has 0 unspecified atom stereocenters. The van der Waals surface area contributed by atoms with E-state index < -0.39 is 13.6 Å². The Morgan fingerprint density at radius 1 is 0.732 bits per heavy atom. The Bertz CT molecular complexity index is 874. The Labute approximate surface area is 262 Å². The van der Waals surface area contributed by atoms with E-state index in [0.717, 1.165) is 35.8 Å². The molecule has 0 atom stereocenters. The number of phenols is 1. The summed E-state index contributed by atoms with van der Waals surface area (Å²) < 4.78 is 12.5. The van der Waals surface area contributed by atoms with Gasteiger partial charge in [0.15, 0.2) is 0 Å². The normalized spacial score (nSPS) is 21.4. The molecule has 0 heterocycles. The molecule has 0 saturated heterocycles. The second-order valence-electron chi connectivity index (χ2n) is 14.4. The SMILES string of the molecule is CO[Si](C)(C)CCCCCCCCOc1ccc(O)cc1P(Br)(C1CCCCC1)(C1CCCCC1)C1CCCCC1. The van der Waals surface area contributed by atoms with Crippen LogP contribution in [-0.2, 0) is 4.43 Å². The average molecular weight is 670 g/mol. The van der Waals surface area contributed by atoms with Crippen molar-refractivity contribution in [3.05, 3.63) is 18.2 Å². The van der Waals surface area contributed by atoms with Crippen molar-refractivity contribution in [3.8, 4) is 11.5 Å². The molecule has 0 amide bonds. The van der Waals surface area contributed by atoms with Crippen LogP contribution in [0, 0.1) is 0 Å². The third-order valence-electron chi connectivity index (χ3n) is 11.4. The molecule has 3 fully saturated rings. The molecule has 3 aliphatic carbocycles. The molecule has 0 spiro atoms. The quantitative estimate of drug-likeness (QED) is 0.115. The van der Waals surface area contributed by atoms with Gasteiger partial charge < -0.3 is 4.43 Å². The van der Waals surface area contributed by atoms with Gasteiger partial charge in [0.25, 0.3) is 0 Å². The van der Waals surface area contributed by atoms with E-state index in [9.17, 15) is 5.11 Å². The summed E-state index contributed by atoms with van der Waals surface area (Å²) in [5, 5.41) is 9.80. The first kappa shape index (κ1) is 33.8. The summed E-state index contributed by atoms with van der Waals surface area (Å²) in [6.45, 7) is 5.45. The van der Waals surface area contributed by atoms with Gasteiger partial charge in [0.2, 0.25) is 0 Å². The predicted molar refractivity (Wildman–Crippen MR) is 187 cm³/mol. The summed E-state index contributed by atoms with van der Waals surface area (Å²) in [4.78, 5) is 0. The van der Waals surface area contributed by atoms with E-state index in [4.69, 9.17) is 24.7 Å². The summed E-state index contributed by atoms with van der Waals surface area (Å²) in [6, 6.07) is 7.51. The Balaban J connectivity index is 1.53. The van der Waals surface area contributed by atoms with Gasteiger partial charge in [-0.2, -0.15) is 0 Å². The maximum atomic E-state index is 11.0. The minimum absolute atomic E-state index is 0.433. The fraction of sp³-hybridized carbons (Fsp3) is 0.829. The summed E-state index contributed by atoms with van der Waals surface area (Å²) in [7, 11) is 0.480. The van der Waals surface area contributed by atoms with Crippen molar-refractivity contribution in [1.29, 1.82) is 0 Å². The number of ether oxygens (including phenoxy) is 1. The average Bonchev–Trinajstić information content (AvgIpc) is 3.02. The van der Waals surface area contributed by atoms with Gasteiger partial charge in [0, 0.05) is 7.11 Å². The number of rotatable bonds is 15. The van der Waals surface area contributed by atoms with Gasteiger partial charge >= 0.3 is 238 Å². The van der Waals surface area contributed by atoms with E-state index in [1.54, 1.807) is 0 Å². The second-order valence-corrected chi connectivity index (χ2v) is 28.7. The van der Waals surface area contributed by atoms with Gasteiger partial charge in [0.1, 0.15) is 0 Å². The summed E-state index contributed by atoms with van der Waals surface area (Å²) in [6.07, 6.45) is 28.1. The molecule has 3 saturated carbocycles. The number of benzene rings is 1. The summed E-state index contributed by atoms with van der Waals surface area (Å²) in [5.41, 5.74) is 2.20. The van der Waals surface area contributed by atoms with Gasteiger partial charge in [-0.1, -0.05) is 0 Å². The van der Waals surface area contributed by atoms with E-state index in [0.29, 0.717) is 5.75 Å². The maximum absolute atomic E-state index is 11.0. The van der Waals surface area contributed by atoms with Crippen LogP contribution in [0.4, 0.5) is 0 Å². The van der Waals surface area contributed by atoms with Crippen molar-refractivity contribution in [3.63, 3.8) is 0 Å². The molecule has 41 heavy (non-hydrogen) atoms. The van der Waals surface area contributed by atoms with E-state index in [1.807, 2.05) is 13.2 Å². The van der Waals surface area contributed by atoms with Crippen LogP contribution in [0.1, 0.15) is 135 Å². The molecule has 236 valence electrons. The van der Waals surface area contributed by atoms with Crippen LogP contribution in [0.25, 0.3) is 0 Å². The molecule has 3 aliphatic rings. The van der Waals surface area contributed by atoms with Crippen LogP contribution in [0.5, 0.6) is 11.5 Å². The third kappa shape index (κ3) is 7.95. The molecule has 1 aromatic carbocycles. The van der Waals surface area contributed by atoms with Gasteiger partial charge in [-0.15, -0.1) is 0 Å². The van der Waals surface area contributed by atoms with Gasteiger partial charge in [0.05, 0.1) is 0 Å². The molecule has 0 bridgehead atoms. The first-order chi connectivity index (χ1) is 19.8. The zero-order chi connectivity index (χ0) is 29.2. The Hall–Kier alpha value is -0.0931. The molecule has 3 nitrogen and oxygen atoms in total. The zero-order valence-electron chi connectivity index (χ0n) is 26.8. The van der Waals surface area contributed by atoms with Crippen molar-refractivity contribution < 1.29 is 14.3 Å². The van der Waals surface area contributed by atoms with Gasteiger partial charge in [-0.25, -0.2) is 0 Å². The van der Waals surface area contributed by atoms with Crippen molar-refractivity contribution in [2.45, 2.75) is 171 Å². The van der Waals surface area contributed by atoms with E-state index in [1.165, 1.54) is 140 Å². The van der Waals surface area contributed by atoms with Crippen LogP contribution < -0.4 is 10.0 Å². The van der Waals surface area contributed by atoms with Crippen molar-refractivity contribution >= 4 is 34.4 Å². The topological polar surface area (TPSA) is 38.7 Å². The van der Waals surface area contributed by atoms with Crippen LogP contribution in [-0.4, -0.2) is 44.1 Å². The van der Waals surface area contributed by atoms with E-state index in [2.05, 4.69) is 25.2 Å². The van der Waals surface area contributed by atoms with Gasteiger partial charge in [-0.05, 0) is 13.1 Å². The Morgan fingerprint density at radius 3 is 1.68 bits per heavy atom. The van der Waals surface area contributed by atoms with Crippen LogP contribution >= 0.6 is 20.8 Å². The molecule has 0 aliphatic heterocycles. The molecule has 1 aromatic rings. The molecular weight excluding hydrogens is 607 g/mol. The van der Waals surface area contributed by atoms with Crippen LogP contribution in [0.15, 0.2) is 18.2 Å². The molecular formula is C35H62BrO3PSi. The predicted octanol–water partition coefficient (Wildman–Crippen LogP) is 11.4. The summed E-state index contributed by atoms with van der Waals surface area (Å²) in [5.74, 6) is 1.54. The second kappa shape index (κ2) is 15.8. The summed E-state index contributed by atoms with van der Waals surface area (Å²) >= 11 is 4.98. The number of hydrogen-bond donors (Lipinski definition) is 1. The fourth-order valence-corrected chi connectivity index (χ4v) is 23.0. The number of aromatic hydroxyl groups is 1. The number of halogens is 1. The molecule has 0 radical (unpaired) electrons.